The summed E-state index contributed by atoms with van der Waals surface area (Å²) in [5.74, 6) is 0.638. The molecule has 1 aromatic heterocycles. The summed E-state index contributed by atoms with van der Waals surface area (Å²) in [6.45, 7) is 12.4. The van der Waals surface area contributed by atoms with Gasteiger partial charge in [0, 0.05) is 18.8 Å². The maximum absolute atomic E-state index is 4.72. The van der Waals surface area contributed by atoms with Crippen LogP contribution in [-0.2, 0) is 6.42 Å². The third kappa shape index (κ3) is 3.58. The third-order valence-corrected chi connectivity index (χ3v) is 4.27. The number of aromatic nitrogens is 2. The highest BCUT2D eigenvalue weighted by Gasteiger charge is 2.28. The van der Waals surface area contributed by atoms with E-state index < -0.39 is 0 Å². The van der Waals surface area contributed by atoms with E-state index in [0.29, 0.717) is 12.0 Å². The molecule has 0 aromatic carbocycles. The van der Waals surface area contributed by atoms with Crippen LogP contribution >= 0.6 is 0 Å². The van der Waals surface area contributed by atoms with Crippen LogP contribution in [0, 0.1) is 11.3 Å². The molecule has 3 heteroatoms. The predicted molar refractivity (Wildman–Crippen MR) is 77.8 cm³/mol. The van der Waals surface area contributed by atoms with Crippen LogP contribution in [0.15, 0.2) is 12.3 Å². The summed E-state index contributed by atoms with van der Waals surface area (Å²) >= 11 is 0. The summed E-state index contributed by atoms with van der Waals surface area (Å²) in [4.78, 5) is 0. The van der Waals surface area contributed by atoms with Crippen LogP contribution in [-0.4, -0.2) is 23.4 Å². The van der Waals surface area contributed by atoms with E-state index in [1.165, 1.54) is 5.69 Å². The van der Waals surface area contributed by atoms with E-state index in [4.69, 9.17) is 5.10 Å². The quantitative estimate of drug-likeness (QED) is 0.806. The molecule has 1 rings (SSSR count). The van der Waals surface area contributed by atoms with Gasteiger partial charge in [0.2, 0.25) is 0 Å². The standard InChI is InChI=1S/C15H29N3/c1-7-13(4)18-9-8-14(17-18)10-15(5,11-16-6)12(2)3/h8-9,12-13,16H,7,10-11H2,1-6H3. The van der Waals surface area contributed by atoms with Crippen LogP contribution in [0.1, 0.15) is 52.8 Å². The lowest BCUT2D eigenvalue weighted by Gasteiger charge is -2.33. The van der Waals surface area contributed by atoms with Gasteiger partial charge in [-0.3, -0.25) is 4.68 Å². The van der Waals surface area contributed by atoms with E-state index in [9.17, 15) is 0 Å². The lowest BCUT2D eigenvalue weighted by molar-refractivity contribution is 0.209. The minimum Gasteiger partial charge on any atom is -0.319 e. The van der Waals surface area contributed by atoms with Crippen molar-refractivity contribution in [2.45, 2.75) is 53.5 Å². The van der Waals surface area contributed by atoms with Crippen LogP contribution in [0.5, 0.6) is 0 Å². The van der Waals surface area contributed by atoms with Crippen LogP contribution in [0.4, 0.5) is 0 Å². The highest BCUT2D eigenvalue weighted by atomic mass is 15.3. The maximum atomic E-state index is 4.72. The molecule has 18 heavy (non-hydrogen) atoms. The van der Waals surface area contributed by atoms with Gasteiger partial charge in [0.1, 0.15) is 0 Å². The number of nitrogens with zero attached hydrogens (tertiary/aromatic N) is 2. The van der Waals surface area contributed by atoms with Crippen molar-refractivity contribution >= 4 is 0 Å². The molecule has 0 spiro atoms. The van der Waals surface area contributed by atoms with Crippen molar-refractivity contribution in [1.29, 1.82) is 0 Å². The summed E-state index contributed by atoms with van der Waals surface area (Å²) in [5, 5.41) is 8.04. The summed E-state index contributed by atoms with van der Waals surface area (Å²) < 4.78 is 2.09. The van der Waals surface area contributed by atoms with Crippen molar-refractivity contribution in [1.82, 2.24) is 15.1 Å². The summed E-state index contributed by atoms with van der Waals surface area (Å²) in [6.07, 6.45) is 4.28. The molecule has 0 aliphatic heterocycles. The second-order valence-electron chi connectivity index (χ2n) is 6.06. The van der Waals surface area contributed by atoms with E-state index in [-0.39, 0.29) is 5.41 Å². The Morgan fingerprint density at radius 2 is 2.06 bits per heavy atom. The van der Waals surface area contributed by atoms with Crippen molar-refractivity contribution in [3.05, 3.63) is 18.0 Å². The van der Waals surface area contributed by atoms with Crippen molar-refractivity contribution in [3.8, 4) is 0 Å². The Morgan fingerprint density at radius 1 is 1.39 bits per heavy atom. The second-order valence-corrected chi connectivity index (χ2v) is 6.06. The van der Waals surface area contributed by atoms with E-state index in [1.54, 1.807) is 0 Å². The largest absolute Gasteiger partial charge is 0.319 e. The molecule has 0 fully saturated rings. The van der Waals surface area contributed by atoms with Gasteiger partial charge in [0.25, 0.3) is 0 Å². The molecule has 0 saturated heterocycles. The van der Waals surface area contributed by atoms with Gasteiger partial charge in [-0.05, 0) is 44.2 Å². The molecule has 104 valence electrons. The Hall–Kier alpha value is -0.830. The van der Waals surface area contributed by atoms with Crippen molar-refractivity contribution in [3.63, 3.8) is 0 Å². The monoisotopic (exact) mass is 251 g/mol. The first-order valence-electron chi connectivity index (χ1n) is 7.11. The summed E-state index contributed by atoms with van der Waals surface area (Å²) in [6, 6.07) is 2.66. The first kappa shape index (κ1) is 15.2. The minimum absolute atomic E-state index is 0.267. The highest BCUT2D eigenvalue weighted by Crippen LogP contribution is 2.30. The van der Waals surface area contributed by atoms with Crippen LogP contribution in [0.25, 0.3) is 0 Å². The highest BCUT2D eigenvalue weighted by molar-refractivity contribution is 5.04. The summed E-state index contributed by atoms with van der Waals surface area (Å²) in [5.41, 5.74) is 1.48. The van der Waals surface area contributed by atoms with Gasteiger partial charge in [-0.1, -0.05) is 27.7 Å². The average Bonchev–Trinajstić information content (AvgIpc) is 2.76. The molecule has 1 N–H and O–H groups in total. The lowest BCUT2D eigenvalue weighted by Crippen LogP contribution is -2.36. The van der Waals surface area contributed by atoms with E-state index >= 15 is 0 Å². The molecule has 0 aliphatic rings. The number of rotatable bonds is 7. The van der Waals surface area contributed by atoms with E-state index in [2.05, 4.69) is 56.9 Å². The van der Waals surface area contributed by atoms with E-state index in [1.807, 2.05) is 7.05 Å². The first-order valence-corrected chi connectivity index (χ1v) is 7.11. The molecule has 2 unspecified atom stereocenters. The van der Waals surface area contributed by atoms with Crippen molar-refractivity contribution in [2.24, 2.45) is 11.3 Å². The summed E-state index contributed by atoms with van der Waals surface area (Å²) in [7, 11) is 2.03. The van der Waals surface area contributed by atoms with Gasteiger partial charge in [0.05, 0.1) is 5.69 Å². The van der Waals surface area contributed by atoms with Crippen LogP contribution in [0.3, 0.4) is 0 Å². The second kappa shape index (κ2) is 6.37. The first-order chi connectivity index (χ1) is 8.42. The molecule has 1 aromatic rings. The zero-order valence-corrected chi connectivity index (χ0v) is 12.8. The maximum Gasteiger partial charge on any atom is 0.0630 e. The Balaban J connectivity index is 2.79. The Bertz CT molecular complexity index is 356. The van der Waals surface area contributed by atoms with Gasteiger partial charge in [0.15, 0.2) is 0 Å². The smallest absolute Gasteiger partial charge is 0.0630 e. The predicted octanol–water partition coefficient (Wildman–Crippen LogP) is 3.28. The van der Waals surface area contributed by atoms with Gasteiger partial charge in [-0.15, -0.1) is 0 Å². The molecule has 0 aliphatic carbocycles. The minimum atomic E-state index is 0.267. The fraction of sp³-hybridized carbons (Fsp3) is 0.800. The van der Waals surface area contributed by atoms with Gasteiger partial charge in [-0.25, -0.2) is 0 Å². The normalized spacial score (nSPS) is 16.8. The third-order valence-electron chi connectivity index (χ3n) is 4.27. The molecule has 3 nitrogen and oxygen atoms in total. The van der Waals surface area contributed by atoms with E-state index in [0.717, 1.165) is 19.4 Å². The number of hydrogen-bond donors (Lipinski definition) is 1. The van der Waals surface area contributed by atoms with Gasteiger partial charge >= 0.3 is 0 Å². The number of hydrogen-bond acceptors (Lipinski definition) is 2. The molecule has 2 atom stereocenters. The van der Waals surface area contributed by atoms with Gasteiger partial charge < -0.3 is 5.32 Å². The fourth-order valence-corrected chi connectivity index (χ4v) is 2.19. The van der Waals surface area contributed by atoms with Crippen LogP contribution < -0.4 is 5.32 Å². The molecular formula is C15H29N3. The average molecular weight is 251 g/mol. The lowest BCUT2D eigenvalue weighted by atomic mass is 9.75. The zero-order chi connectivity index (χ0) is 13.8. The molecule has 0 bridgehead atoms. The van der Waals surface area contributed by atoms with Crippen molar-refractivity contribution < 1.29 is 0 Å². The zero-order valence-electron chi connectivity index (χ0n) is 12.8. The van der Waals surface area contributed by atoms with Gasteiger partial charge in [-0.2, -0.15) is 5.10 Å². The molecule has 0 radical (unpaired) electrons. The Labute approximate surface area is 112 Å². The fourth-order valence-electron chi connectivity index (χ4n) is 2.19. The SMILES string of the molecule is CCC(C)n1ccc(CC(C)(CNC)C(C)C)n1. The number of nitrogens with one attached hydrogen (secondary N) is 1. The van der Waals surface area contributed by atoms with Crippen molar-refractivity contribution in [2.75, 3.05) is 13.6 Å². The Kier molecular flexibility index (Phi) is 5.39. The molecular weight excluding hydrogens is 222 g/mol. The topological polar surface area (TPSA) is 29.9 Å². The van der Waals surface area contributed by atoms with Crippen LogP contribution in [0.2, 0.25) is 0 Å². The molecule has 1 heterocycles. The molecule has 0 amide bonds. The molecule has 0 saturated carbocycles. The Morgan fingerprint density at radius 3 is 2.56 bits per heavy atom.